The quantitative estimate of drug-likeness (QED) is 0.115. The molecule has 79 heavy (non-hydrogen) atoms. The Balaban J connectivity index is 0.828. The topological polar surface area (TPSA) is 40.4 Å². The van der Waals surface area contributed by atoms with Crippen LogP contribution in [0.2, 0.25) is 0 Å². The lowest BCUT2D eigenvalue weighted by Crippen LogP contribution is -2.11. The average molecular weight is 1030 g/mol. The van der Waals surface area contributed by atoms with Crippen LogP contribution in [0.15, 0.2) is 303 Å². The van der Waals surface area contributed by atoms with Crippen molar-refractivity contribution >= 4 is 95.8 Å². The number of nitrogens with zero attached hydrogens (tertiary/aromatic N) is 6. The van der Waals surface area contributed by atoms with Crippen molar-refractivity contribution in [1.82, 2.24) is 13.3 Å². The third-order valence-corrected chi connectivity index (χ3v) is 15.4. The molecule has 0 unspecified atom stereocenters. The highest BCUT2D eigenvalue weighted by Gasteiger charge is 2.22. The molecule has 0 saturated heterocycles. The molecule has 0 aliphatic rings. The van der Waals surface area contributed by atoms with Gasteiger partial charge in [-0.1, -0.05) is 170 Å². The summed E-state index contributed by atoms with van der Waals surface area (Å²) in [6.07, 6.45) is 0. The Kier molecular flexibility index (Phi) is 12.3. The van der Waals surface area contributed by atoms with Crippen LogP contribution in [0.25, 0.3) is 71.9 Å². The highest BCUT2D eigenvalue weighted by atomic mass is 32.1. The minimum Gasteiger partial charge on any atom is -0.311 e. The SMILES string of the molecule is c1ccc(N(c2ccccc2)c2ccc(-c3ccc(N(c4ccc(-c5cccc(N(c6ccccc6)c6ccccc6)c5)cc4)c4ccc(-c5ccc(-n6c7ccccc7c7ccccc76)cc5)c5nsnc45)cc3)cc2)cc1. The molecule has 0 aliphatic heterocycles. The van der Waals surface area contributed by atoms with Gasteiger partial charge in [0.1, 0.15) is 11.0 Å². The van der Waals surface area contributed by atoms with Gasteiger partial charge in [0.15, 0.2) is 0 Å². The summed E-state index contributed by atoms with van der Waals surface area (Å²) in [5.74, 6) is 0. The Hall–Kier alpha value is -10.3. The first-order chi connectivity index (χ1) is 39.2. The van der Waals surface area contributed by atoms with E-state index in [0.29, 0.717) is 0 Å². The van der Waals surface area contributed by atoms with Crippen molar-refractivity contribution in [3.8, 4) is 39.1 Å². The van der Waals surface area contributed by atoms with E-state index in [1.165, 1.54) is 33.5 Å². The second-order valence-electron chi connectivity index (χ2n) is 19.5. The van der Waals surface area contributed by atoms with Crippen LogP contribution >= 0.6 is 11.7 Å². The van der Waals surface area contributed by atoms with Gasteiger partial charge in [0.2, 0.25) is 0 Å². The summed E-state index contributed by atoms with van der Waals surface area (Å²) in [6.45, 7) is 0. The van der Waals surface area contributed by atoms with Crippen molar-refractivity contribution in [2.75, 3.05) is 14.7 Å². The van der Waals surface area contributed by atoms with Crippen LogP contribution in [0.5, 0.6) is 0 Å². The fraction of sp³-hybridized carbons (Fsp3) is 0. The smallest absolute Gasteiger partial charge is 0.129 e. The van der Waals surface area contributed by atoms with Crippen LogP contribution < -0.4 is 14.7 Å². The van der Waals surface area contributed by atoms with Gasteiger partial charge in [0.25, 0.3) is 0 Å². The predicted octanol–water partition coefficient (Wildman–Crippen LogP) is 20.2. The molecule has 14 aromatic rings. The zero-order valence-electron chi connectivity index (χ0n) is 43.0. The first kappa shape index (κ1) is 47.1. The Morgan fingerprint density at radius 1 is 0.266 bits per heavy atom. The highest BCUT2D eigenvalue weighted by molar-refractivity contribution is 7.00. The fourth-order valence-electron chi connectivity index (χ4n) is 11.1. The molecule has 0 spiro atoms. The van der Waals surface area contributed by atoms with Crippen molar-refractivity contribution in [2.45, 2.75) is 0 Å². The Bertz CT molecular complexity index is 4260. The summed E-state index contributed by atoms with van der Waals surface area (Å²) >= 11 is 1.25. The number of aromatic nitrogens is 3. The number of rotatable bonds is 13. The largest absolute Gasteiger partial charge is 0.311 e. The second kappa shape index (κ2) is 20.7. The Labute approximate surface area is 463 Å². The zero-order chi connectivity index (χ0) is 52.5. The van der Waals surface area contributed by atoms with Crippen molar-refractivity contribution in [1.29, 1.82) is 0 Å². The van der Waals surface area contributed by atoms with Gasteiger partial charge < -0.3 is 19.3 Å². The maximum atomic E-state index is 5.05. The molecule has 0 radical (unpaired) electrons. The van der Waals surface area contributed by atoms with E-state index in [0.717, 1.165) is 101 Å². The molecule has 6 nitrogen and oxygen atoms in total. The van der Waals surface area contributed by atoms with Crippen LogP contribution in [0, 0.1) is 0 Å². The molecule has 0 amide bonds. The molecule has 2 heterocycles. The van der Waals surface area contributed by atoms with Crippen LogP contribution in [0.3, 0.4) is 0 Å². The predicted molar refractivity (Wildman–Crippen MR) is 332 cm³/mol. The summed E-state index contributed by atoms with van der Waals surface area (Å²) in [7, 11) is 0. The number of hydrogen-bond donors (Lipinski definition) is 0. The molecule has 0 atom stereocenters. The molecule has 0 bridgehead atoms. The van der Waals surface area contributed by atoms with Crippen molar-refractivity contribution in [2.24, 2.45) is 0 Å². The number of para-hydroxylation sites is 6. The number of hydrogen-bond acceptors (Lipinski definition) is 6. The van der Waals surface area contributed by atoms with E-state index < -0.39 is 0 Å². The zero-order valence-corrected chi connectivity index (χ0v) is 43.8. The van der Waals surface area contributed by atoms with E-state index in [-0.39, 0.29) is 0 Å². The monoisotopic (exact) mass is 1030 g/mol. The highest BCUT2D eigenvalue weighted by Crippen LogP contribution is 2.44. The summed E-state index contributed by atoms with van der Waals surface area (Å²) in [5.41, 5.74) is 21.3. The van der Waals surface area contributed by atoms with Crippen molar-refractivity contribution < 1.29 is 0 Å². The fourth-order valence-corrected chi connectivity index (χ4v) is 11.7. The standard InChI is InChI=1S/C72H50N6S/c1-5-19-56(20-6-1)75(57-21-7-2-8-22-57)60-40-32-51(33-41-60)52-34-42-61(43-35-52)77(62-44-36-53(37-45-62)55-18-17-27-64(50-55)76(58-23-9-3-10-24-58)59-25-11-4-12-26-59)70-49-48-65(71-72(70)74-79-73-71)54-38-46-63(47-39-54)78-68-30-15-13-28-66(68)67-29-14-16-31-69(67)78/h1-50H. The van der Waals surface area contributed by atoms with Gasteiger partial charge in [-0.3, -0.25) is 0 Å². The van der Waals surface area contributed by atoms with E-state index in [1.807, 2.05) is 0 Å². The van der Waals surface area contributed by atoms with E-state index in [1.54, 1.807) is 0 Å². The van der Waals surface area contributed by atoms with E-state index >= 15 is 0 Å². The summed E-state index contributed by atoms with van der Waals surface area (Å²) in [6, 6.07) is 108. The Morgan fingerprint density at radius 3 is 1.14 bits per heavy atom. The van der Waals surface area contributed by atoms with Crippen LogP contribution in [-0.2, 0) is 0 Å². The minimum absolute atomic E-state index is 0.841. The molecular formula is C72H50N6S. The third kappa shape index (κ3) is 8.94. The van der Waals surface area contributed by atoms with Gasteiger partial charge in [-0.2, -0.15) is 8.75 Å². The van der Waals surface area contributed by atoms with E-state index in [9.17, 15) is 0 Å². The van der Waals surface area contributed by atoms with Crippen LogP contribution in [-0.4, -0.2) is 13.3 Å². The van der Waals surface area contributed by atoms with Gasteiger partial charge in [0, 0.05) is 67.5 Å². The molecule has 0 fully saturated rings. The normalized spacial score (nSPS) is 11.3. The number of fused-ring (bicyclic) bond motifs is 4. The van der Waals surface area contributed by atoms with Gasteiger partial charge in [0.05, 0.1) is 28.4 Å². The molecule has 14 rings (SSSR count). The molecule has 12 aromatic carbocycles. The lowest BCUT2D eigenvalue weighted by Gasteiger charge is -2.27. The van der Waals surface area contributed by atoms with Gasteiger partial charge >= 0.3 is 0 Å². The lowest BCUT2D eigenvalue weighted by atomic mass is 10.0. The molecule has 0 aliphatic carbocycles. The van der Waals surface area contributed by atoms with Gasteiger partial charge in [-0.25, -0.2) is 0 Å². The summed E-state index contributed by atoms with van der Waals surface area (Å²) in [4.78, 5) is 6.91. The third-order valence-electron chi connectivity index (χ3n) is 14.9. The lowest BCUT2D eigenvalue weighted by molar-refractivity contribution is 1.18. The second-order valence-corrected chi connectivity index (χ2v) is 20.1. The Morgan fingerprint density at radius 2 is 0.646 bits per heavy atom. The first-order valence-corrected chi connectivity index (χ1v) is 27.3. The maximum Gasteiger partial charge on any atom is 0.129 e. The molecule has 374 valence electrons. The summed E-state index contributed by atoms with van der Waals surface area (Å²) < 4.78 is 12.4. The van der Waals surface area contributed by atoms with E-state index in [4.69, 9.17) is 8.75 Å². The first-order valence-electron chi connectivity index (χ1n) is 26.6. The molecular weight excluding hydrogens is 981 g/mol. The molecule has 0 N–H and O–H groups in total. The number of anilines is 9. The van der Waals surface area contributed by atoms with Crippen LogP contribution in [0.4, 0.5) is 51.2 Å². The number of benzene rings is 12. The molecule has 2 aromatic heterocycles. The minimum atomic E-state index is 0.841. The van der Waals surface area contributed by atoms with Crippen molar-refractivity contribution in [3.05, 3.63) is 303 Å². The van der Waals surface area contributed by atoms with Crippen molar-refractivity contribution in [3.63, 3.8) is 0 Å². The molecule has 7 heteroatoms. The van der Waals surface area contributed by atoms with Crippen LogP contribution in [0.1, 0.15) is 0 Å². The van der Waals surface area contributed by atoms with Gasteiger partial charge in [-0.05, 0) is 161 Å². The van der Waals surface area contributed by atoms with E-state index in [2.05, 4.69) is 323 Å². The summed E-state index contributed by atoms with van der Waals surface area (Å²) in [5, 5.41) is 2.49. The molecule has 0 saturated carbocycles. The van der Waals surface area contributed by atoms with Gasteiger partial charge in [-0.15, -0.1) is 0 Å². The maximum absolute atomic E-state index is 5.05. The average Bonchev–Trinajstić information content (AvgIpc) is 4.30.